The summed E-state index contributed by atoms with van der Waals surface area (Å²) in [6.45, 7) is 2.13. The van der Waals surface area contributed by atoms with Crippen molar-refractivity contribution in [1.82, 2.24) is 0 Å². The molecule has 0 aromatic heterocycles. The lowest BCUT2D eigenvalue weighted by molar-refractivity contribution is 0.390. The summed E-state index contributed by atoms with van der Waals surface area (Å²) < 4.78 is 24.9. The molecule has 112 valence electrons. The molecule has 21 heavy (non-hydrogen) atoms. The quantitative estimate of drug-likeness (QED) is 0.543. The van der Waals surface area contributed by atoms with Gasteiger partial charge in [-0.05, 0) is 24.5 Å². The second kappa shape index (κ2) is 7.35. The molecule has 0 radical (unpaired) electrons. The van der Waals surface area contributed by atoms with Gasteiger partial charge in [0.25, 0.3) is 6.08 Å². The normalized spacial score (nSPS) is 24.0. The largest absolute Gasteiger partial charge is 0.266 e. The van der Waals surface area contributed by atoms with Crippen molar-refractivity contribution in [1.29, 1.82) is 0 Å². The fourth-order valence-electron chi connectivity index (χ4n) is 2.79. The molecule has 0 saturated carbocycles. The van der Waals surface area contributed by atoms with Gasteiger partial charge < -0.3 is 0 Å². The van der Waals surface area contributed by atoms with Gasteiger partial charge in [-0.25, -0.2) is 0 Å². The highest BCUT2D eigenvalue weighted by Crippen LogP contribution is 2.39. The SMILES string of the molecule is CCCCC1(CC=C(F)F)C=CC(c2ccccc2)C=C1. The molecular weight excluding hydrogens is 266 g/mol. The minimum Gasteiger partial charge on any atom is -0.174 e. The summed E-state index contributed by atoms with van der Waals surface area (Å²) in [4.78, 5) is 0. The molecule has 0 unspecified atom stereocenters. The van der Waals surface area contributed by atoms with E-state index >= 15 is 0 Å². The average Bonchev–Trinajstić information content (AvgIpc) is 2.53. The van der Waals surface area contributed by atoms with Gasteiger partial charge in [0.2, 0.25) is 0 Å². The van der Waals surface area contributed by atoms with Gasteiger partial charge >= 0.3 is 0 Å². The first-order chi connectivity index (χ1) is 10.2. The van der Waals surface area contributed by atoms with Crippen LogP contribution in [0.15, 0.2) is 66.8 Å². The monoisotopic (exact) mass is 288 g/mol. The van der Waals surface area contributed by atoms with Crippen molar-refractivity contribution < 1.29 is 8.78 Å². The van der Waals surface area contributed by atoms with E-state index in [9.17, 15) is 8.78 Å². The highest BCUT2D eigenvalue weighted by Gasteiger charge is 2.26. The molecule has 0 saturated heterocycles. The van der Waals surface area contributed by atoms with Crippen molar-refractivity contribution in [2.75, 3.05) is 0 Å². The predicted octanol–water partition coefficient (Wildman–Crippen LogP) is 6.24. The molecule has 0 bridgehead atoms. The van der Waals surface area contributed by atoms with Gasteiger partial charge in [-0.3, -0.25) is 0 Å². The Labute approximate surface area is 125 Å². The van der Waals surface area contributed by atoms with E-state index in [2.05, 4.69) is 43.4 Å². The summed E-state index contributed by atoms with van der Waals surface area (Å²) in [5.41, 5.74) is 0.992. The van der Waals surface area contributed by atoms with Crippen LogP contribution in [0.2, 0.25) is 0 Å². The number of benzene rings is 1. The molecule has 1 aliphatic carbocycles. The van der Waals surface area contributed by atoms with E-state index in [1.807, 2.05) is 18.2 Å². The van der Waals surface area contributed by atoms with Gasteiger partial charge in [-0.1, -0.05) is 74.4 Å². The first-order valence-corrected chi connectivity index (χ1v) is 7.60. The third-order valence-electron chi connectivity index (χ3n) is 4.09. The highest BCUT2D eigenvalue weighted by molar-refractivity contribution is 5.34. The Morgan fingerprint density at radius 2 is 1.81 bits per heavy atom. The highest BCUT2D eigenvalue weighted by atomic mass is 19.3. The molecule has 1 aromatic carbocycles. The minimum absolute atomic E-state index is 0.245. The Morgan fingerprint density at radius 3 is 2.38 bits per heavy atom. The molecule has 0 aliphatic heterocycles. The van der Waals surface area contributed by atoms with E-state index in [0.717, 1.165) is 25.3 Å². The maximum Gasteiger partial charge on any atom is 0.266 e. The van der Waals surface area contributed by atoms with Crippen LogP contribution in [0, 0.1) is 5.41 Å². The number of unbranched alkanes of at least 4 members (excludes halogenated alkanes) is 1. The average molecular weight is 288 g/mol. The van der Waals surface area contributed by atoms with Gasteiger partial charge in [0, 0.05) is 11.3 Å². The second-order valence-electron chi connectivity index (χ2n) is 5.69. The van der Waals surface area contributed by atoms with Gasteiger partial charge in [0.1, 0.15) is 0 Å². The fraction of sp³-hybridized carbons (Fsp3) is 0.368. The maximum atomic E-state index is 12.4. The fourth-order valence-corrected chi connectivity index (χ4v) is 2.79. The molecule has 1 aliphatic rings. The number of halogens is 2. The lowest BCUT2D eigenvalue weighted by Gasteiger charge is -2.30. The van der Waals surface area contributed by atoms with Crippen molar-refractivity contribution in [2.45, 2.75) is 38.5 Å². The van der Waals surface area contributed by atoms with Crippen LogP contribution in [0.5, 0.6) is 0 Å². The third-order valence-corrected chi connectivity index (χ3v) is 4.09. The molecule has 0 fully saturated rings. The molecule has 2 heteroatoms. The smallest absolute Gasteiger partial charge is 0.174 e. The Balaban J connectivity index is 2.14. The van der Waals surface area contributed by atoms with Crippen LogP contribution in [-0.2, 0) is 0 Å². The zero-order valence-electron chi connectivity index (χ0n) is 12.4. The van der Waals surface area contributed by atoms with E-state index < -0.39 is 6.08 Å². The van der Waals surface area contributed by atoms with E-state index in [1.54, 1.807) is 0 Å². The minimum atomic E-state index is -1.59. The number of rotatable bonds is 6. The summed E-state index contributed by atoms with van der Waals surface area (Å²) >= 11 is 0. The van der Waals surface area contributed by atoms with E-state index in [0.29, 0.717) is 6.42 Å². The van der Waals surface area contributed by atoms with E-state index in [-0.39, 0.29) is 11.3 Å². The van der Waals surface area contributed by atoms with Gasteiger partial charge in [0.15, 0.2) is 0 Å². The number of hydrogen-bond donors (Lipinski definition) is 0. The summed E-state index contributed by atoms with van der Waals surface area (Å²) in [6, 6.07) is 10.2. The standard InChI is InChI=1S/C19H22F2/c1-2-3-12-19(15-11-18(20)21)13-9-17(10-14-19)16-7-5-4-6-8-16/h4-11,13-14,17H,2-3,12,15H2,1H3. The van der Waals surface area contributed by atoms with Crippen molar-refractivity contribution in [3.63, 3.8) is 0 Å². The molecular formula is C19H22F2. The van der Waals surface area contributed by atoms with Crippen molar-refractivity contribution >= 4 is 0 Å². The molecule has 0 nitrogen and oxygen atoms in total. The Bertz CT molecular complexity index is 508. The number of allylic oxidation sites excluding steroid dienone is 5. The molecule has 0 heterocycles. The second-order valence-corrected chi connectivity index (χ2v) is 5.69. The van der Waals surface area contributed by atoms with Crippen LogP contribution in [0.1, 0.15) is 44.1 Å². The van der Waals surface area contributed by atoms with Crippen molar-refractivity contribution in [3.8, 4) is 0 Å². The van der Waals surface area contributed by atoms with Crippen LogP contribution in [0.3, 0.4) is 0 Å². The van der Waals surface area contributed by atoms with Crippen LogP contribution in [0.4, 0.5) is 8.78 Å². The third kappa shape index (κ3) is 4.38. The van der Waals surface area contributed by atoms with Gasteiger partial charge in [-0.2, -0.15) is 8.78 Å². The molecule has 1 aromatic rings. The summed E-state index contributed by atoms with van der Waals surface area (Å²) in [7, 11) is 0. The Morgan fingerprint density at radius 1 is 1.14 bits per heavy atom. The lowest BCUT2D eigenvalue weighted by Crippen LogP contribution is -2.17. The zero-order chi connectivity index (χ0) is 15.1. The van der Waals surface area contributed by atoms with E-state index in [1.165, 1.54) is 5.56 Å². The molecule has 0 spiro atoms. The first kappa shape index (κ1) is 15.7. The van der Waals surface area contributed by atoms with E-state index in [4.69, 9.17) is 0 Å². The van der Waals surface area contributed by atoms with Crippen molar-refractivity contribution in [2.24, 2.45) is 5.41 Å². The number of hydrogen-bond acceptors (Lipinski definition) is 0. The summed E-state index contributed by atoms with van der Waals surface area (Å²) in [5.74, 6) is 0.250. The predicted molar refractivity (Wildman–Crippen MR) is 84.3 cm³/mol. The summed E-state index contributed by atoms with van der Waals surface area (Å²) in [5, 5.41) is 0. The van der Waals surface area contributed by atoms with Crippen LogP contribution in [0.25, 0.3) is 0 Å². The first-order valence-electron chi connectivity index (χ1n) is 7.60. The Hall–Kier alpha value is -1.70. The van der Waals surface area contributed by atoms with Crippen LogP contribution >= 0.6 is 0 Å². The maximum absolute atomic E-state index is 12.4. The van der Waals surface area contributed by atoms with Crippen molar-refractivity contribution in [3.05, 3.63) is 72.4 Å². The lowest BCUT2D eigenvalue weighted by atomic mass is 9.74. The topological polar surface area (TPSA) is 0 Å². The van der Waals surface area contributed by atoms with Gasteiger partial charge in [0.05, 0.1) is 0 Å². The molecule has 0 atom stereocenters. The summed E-state index contributed by atoms with van der Waals surface area (Å²) in [6.07, 6.45) is 11.4. The van der Waals surface area contributed by atoms with Gasteiger partial charge in [-0.15, -0.1) is 0 Å². The Kier molecular flexibility index (Phi) is 5.49. The molecule has 0 amide bonds. The van der Waals surface area contributed by atoms with Crippen LogP contribution in [-0.4, -0.2) is 0 Å². The van der Waals surface area contributed by atoms with Crippen LogP contribution < -0.4 is 0 Å². The zero-order valence-corrected chi connectivity index (χ0v) is 12.4. The molecule has 0 N–H and O–H groups in total. The molecule has 2 rings (SSSR count).